The Morgan fingerprint density at radius 1 is 0.931 bits per heavy atom. The highest BCUT2D eigenvalue weighted by atomic mass is 35.5. The molecule has 2 aromatic rings. The number of piperazine rings is 1. The molecule has 1 saturated heterocycles. The van der Waals surface area contributed by atoms with Gasteiger partial charge in [-0.25, -0.2) is 0 Å². The van der Waals surface area contributed by atoms with Crippen LogP contribution in [0.1, 0.15) is 42.6 Å². The molecule has 1 aliphatic rings. The standard InChI is InChI=1S/C23H28ClN3O2/c1-16(2)20-6-4-5-7-21(20)25-22(28)17(3)26-12-14-27(15-13-26)23(29)18-8-10-19(24)11-9-18/h4-11,16-17H,12-15H2,1-3H3,(H,25,28). The Bertz CT molecular complexity index is 859. The van der Waals surface area contributed by atoms with Gasteiger partial charge in [-0.2, -0.15) is 0 Å². The van der Waals surface area contributed by atoms with Gasteiger partial charge in [0, 0.05) is 42.5 Å². The van der Waals surface area contributed by atoms with Crippen LogP contribution in [0.2, 0.25) is 5.02 Å². The lowest BCUT2D eigenvalue weighted by molar-refractivity contribution is -0.121. The predicted molar refractivity (Wildman–Crippen MR) is 118 cm³/mol. The number of nitrogens with zero attached hydrogens (tertiary/aromatic N) is 2. The van der Waals surface area contributed by atoms with E-state index in [0.29, 0.717) is 42.7 Å². The Balaban J connectivity index is 1.57. The number of carbonyl (C=O) groups excluding carboxylic acids is 2. The molecule has 0 aromatic heterocycles. The number of nitrogens with one attached hydrogen (secondary N) is 1. The molecule has 1 N–H and O–H groups in total. The molecule has 2 aromatic carbocycles. The highest BCUT2D eigenvalue weighted by Gasteiger charge is 2.28. The van der Waals surface area contributed by atoms with E-state index >= 15 is 0 Å². The lowest BCUT2D eigenvalue weighted by atomic mass is 10.0. The van der Waals surface area contributed by atoms with Crippen LogP contribution in [-0.2, 0) is 4.79 Å². The number of hydrogen-bond donors (Lipinski definition) is 1. The van der Waals surface area contributed by atoms with Crippen molar-refractivity contribution < 1.29 is 9.59 Å². The molecule has 1 unspecified atom stereocenters. The van der Waals surface area contributed by atoms with Crippen LogP contribution in [-0.4, -0.2) is 53.8 Å². The Hall–Kier alpha value is -2.37. The van der Waals surface area contributed by atoms with Gasteiger partial charge in [-0.15, -0.1) is 0 Å². The Morgan fingerprint density at radius 3 is 2.17 bits per heavy atom. The molecule has 0 radical (unpaired) electrons. The smallest absolute Gasteiger partial charge is 0.253 e. The molecule has 1 heterocycles. The molecule has 0 spiro atoms. The first-order chi connectivity index (χ1) is 13.9. The third-order valence-electron chi connectivity index (χ3n) is 5.46. The van der Waals surface area contributed by atoms with Crippen molar-refractivity contribution in [2.75, 3.05) is 31.5 Å². The van der Waals surface area contributed by atoms with Crippen LogP contribution in [0.3, 0.4) is 0 Å². The molecule has 0 saturated carbocycles. The van der Waals surface area contributed by atoms with E-state index in [4.69, 9.17) is 11.6 Å². The summed E-state index contributed by atoms with van der Waals surface area (Å²) in [5.41, 5.74) is 2.64. The summed E-state index contributed by atoms with van der Waals surface area (Å²) < 4.78 is 0. The van der Waals surface area contributed by atoms with E-state index in [9.17, 15) is 9.59 Å². The van der Waals surface area contributed by atoms with Crippen molar-refractivity contribution >= 4 is 29.1 Å². The lowest BCUT2D eigenvalue weighted by Crippen LogP contribution is -2.54. The van der Waals surface area contributed by atoms with Gasteiger partial charge < -0.3 is 10.2 Å². The van der Waals surface area contributed by atoms with Crippen LogP contribution in [0.5, 0.6) is 0 Å². The molecular weight excluding hydrogens is 386 g/mol. The highest BCUT2D eigenvalue weighted by Crippen LogP contribution is 2.24. The van der Waals surface area contributed by atoms with Crippen molar-refractivity contribution in [2.45, 2.75) is 32.7 Å². The number of anilines is 1. The average molecular weight is 414 g/mol. The van der Waals surface area contributed by atoms with Crippen molar-refractivity contribution in [3.8, 4) is 0 Å². The van der Waals surface area contributed by atoms with Crippen molar-refractivity contribution in [1.29, 1.82) is 0 Å². The fourth-order valence-corrected chi connectivity index (χ4v) is 3.73. The van der Waals surface area contributed by atoms with Gasteiger partial charge in [0.25, 0.3) is 5.91 Å². The summed E-state index contributed by atoms with van der Waals surface area (Å²) in [6.45, 7) is 8.68. The van der Waals surface area contributed by atoms with Crippen LogP contribution in [0, 0.1) is 0 Å². The number of rotatable bonds is 5. The molecular formula is C23H28ClN3O2. The maximum Gasteiger partial charge on any atom is 0.253 e. The number of carbonyl (C=O) groups is 2. The average Bonchev–Trinajstić information content (AvgIpc) is 2.73. The molecule has 0 aliphatic carbocycles. The molecule has 29 heavy (non-hydrogen) atoms. The van der Waals surface area contributed by atoms with Gasteiger partial charge in [-0.3, -0.25) is 14.5 Å². The van der Waals surface area contributed by atoms with Gasteiger partial charge in [0.2, 0.25) is 5.91 Å². The quantitative estimate of drug-likeness (QED) is 0.797. The normalized spacial score (nSPS) is 16.0. The summed E-state index contributed by atoms with van der Waals surface area (Å²) in [7, 11) is 0. The first-order valence-electron chi connectivity index (χ1n) is 10.1. The minimum atomic E-state index is -0.261. The summed E-state index contributed by atoms with van der Waals surface area (Å²) in [6, 6.07) is 14.6. The van der Waals surface area contributed by atoms with Gasteiger partial charge in [-0.1, -0.05) is 43.6 Å². The zero-order valence-electron chi connectivity index (χ0n) is 17.2. The van der Waals surface area contributed by atoms with E-state index in [-0.39, 0.29) is 17.9 Å². The first kappa shape index (κ1) is 21.3. The number of hydrogen-bond acceptors (Lipinski definition) is 3. The molecule has 1 aliphatic heterocycles. The molecule has 6 heteroatoms. The second-order valence-electron chi connectivity index (χ2n) is 7.74. The lowest BCUT2D eigenvalue weighted by Gasteiger charge is -2.37. The minimum Gasteiger partial charge on any atom is -0.336 e. The van der Waals surface area contributed by atoms with Crippen molar-refractivity contribution in [3.05, 3.63) is 64.7 Å². The number of para-hydroxylation sites is 1. The first-order valence-corrected chi connectivity index (χ1v) is 10.4. The van der Waals surface area contributed by atoms with Crippen LogP contribution in [0.15, 0.2) is 48.5 Å². The zero-order valence-corrected chi connectivity index (χ0v) is 17.9. The Morgan fingerprint density at radius 2 is 1.55 bits per heavy atom. The molecule has 1 atom stereocenters. The topological polar surface area (TPSA) is 52.7 Å². The van der Waals surface area contributed by atoms with Gasteiger partial charge in [0.1, 0.15) is 0 Å². The fraction of sp³-hybridized carbons (Fsp3) is 0.391. The summed E-state index contributed by atoms with van der Waals surface area (Å²) in [5, 5.41) is 3.70. The van der Waals surface area contributed by atoms with E-state index in [2.05, 4.69) is 24.1 Å². The predicted octanol–water partition coefficient (Wildman–Crippen LogP) is 4.25. The van der Waals surface area contributed by atoms with Gasteiger partial charge in [-0.05, 0) is 48.7 Å². The second kappa shape index (κ2) is 9.42. The number of benzene rings is 2. The van der Waals surface area contributed by atoms with E-state index in [1.165, 1.54) is 0 Å². The van der Waals surface area contributed by atoms with Gasteiger partial charge in [0.05, 0.1) is 6.04 Å². The highest BCUT2D eigenvalue weighted by molar-refractivity contribution is 6.30. The van der Waals surface area contributed by atoms with Crippen LogP contribution in [0.25, 0.3) is 0 Å². The third kappa shape index (κ3) is 5.17. The van der Waals surface area contributed by atoms with E-state index in [0.717, 1.165) is 11.3 Å². The van der Waals surface area contributed by atoms with Crippen LogP contribution >= 0.6 is 11.6 Å². The minimum absolute atomic E-state index is 0.00396. The molecule has 0 bridgehead atoms. The van der Waals surface area contributed by atoms with E-state index in [1.807, 2.05) is 36.1 Å². The molecule has 5 nitrogen and oxygen atoms in total. The number of halogens is 1. The zero-order chi connectivity index (χ0) is 21.0. The van der Waals surface area contributed by atoms with Crippen LogP contribution in [0.4, 0.5) is 5.69 Å². The van der Waals surface area contributed by atoms with Crippen molar-refractivity contribution in [1.82, 2.24) is 9.80 Å². The summed E-state index contributed by atoms with van der Waals surface area (Å²) in [5.74, 6) is 0.323. The largest absolute Gasteiger partial charge is 0.336 e. The monoisotopic (exact) mass is 413 g/mol. The molecule has 3 rings (SSSR count). The third-order valence-corrected chi connectivity index (χ3v) is 5.71. The van der Waals surface area contributed by atoms with Crippen molar-refractivity contribution in [3.63, 3.8) is 0 Å². The molecule has 154 valence electrons. The fourth-order valence-electron chi connectivity index (χ4n) is 3.60. The van der Waals surface area contributed by atoms with E-state index < -0.39 is 0 Å². The Kier molecular flexibility index (Phi) is 6.93. The van der Waals surface area contributed by atoms with Crippen molar-refractivity contribution in [2.24, 2.45) is 0 Å². The SMILES string of the molecule is CC(C)c1ccccc1NC(=O)C(C)N1CCN(C(=O)c2ccc(Cl)cc2)CC1. The van der Waals surface area contributed by atoms with Crippen LogP contribution < -0.4 is 5.32 Å². The van der Waals surface area contributed by atoms with E-state index in [1.54, 1.807) is 24.3 Å². The number of amides is 2. The van der Waals surface area contributed by atoms with Gasteiger partial charge in [0.15, 0.2) is 0 Å². The second-order valence-corrected chi connectivity index (χ2v) is 8.18. The Labute approximate surface area is 177 Å². The summed E-state index contributed by atoms with van der Waals surface area (Å²) >= 11 is 5.90. The summed E-state index contributed by atoms with van der Waals surface area (Å²) in [4.78, 5) is 29.4. The molecule has 1 fully saturated rings. The summed E-state index contributed by atoms with van der Waals surface area (Å²) in [6.07, 6.45) is 0. The maximum absolute atomic E-state index is 12.8. The maximum atomic E-state index is 12.8. The molecule has 2 amide bonds. The van der Waals surface area contributed by atoms with Gasteiger partial charge >= 0.3 is 0 Å².